The Morgan fingerprint density at radius 2 is 1.93 bits per heavy atom. The van der Waals surface area contributed by atoms with Crippen LogP contribution in [0, 0.1) is 6.92 Å². The number of ether oxygens (including phenoxy) is 1. The van der Waals surface area contributed by atoms with Crippen LogP contribution in [0.2, 0.25) is 10.0 Å². The average molecular weight is 242 g/mol. The Morgan fingerprint density at radius 1 is 1.20 bits per heavy atom. The van der Waals surface area contributed by atoms with Crippen molar-refractivity contribution in [3.63, 3.8) is 0 Å². The monoisotopic (exact) mass is 241 g/mol. The second-order valence-corrected chi connectivity index (χ2v) is 3.96. The van der Waals surface area contributed by atoms with Crippen LogP contribution in [0.5, 0.6) is 5.75 Å². The Hall–Kier alpha value is -0.990. The molecule has 0 amide bonds. The molecule has 2 aromatic rings. The van der Waals surface area contributed by atoms with E-state index < -0.39 is 0 Å². The van der Waals surface area contributed by atoms with Gasteiger partial charge in [0.25, 0.3) is 0 Å². The van der Waals surface area contributed by atoms with Crippen molar-refractivity contribution >= 4 is 34.1 Å². The van der Waals surface area contributed by atoms with Crippen molar-refractivity contribution in [2.45, 2.75) is 6.92 Å². The van der Waals surface area contributed by atoms with E-state index in [-0.39, 0.29) is 0 Å². The molecule has 4 heteroatoms. The quantitative estimate of drug-likeness (QED) is 0.757. The minimum absolute atomic E-state index is 0.509. The number of benzene rings is 1. The fourth-order valence-corrected chi connectivity index (χ4v) is 1.86. The van der Waals surface area contributed by atoms with Gasteiger partial charge in [0.2, 0.25) is 0 Å². The van der Waals surface area contributed by atoms with Crippen LogP contribution in [-0.4, -0.2) is 12.1 Å². The molecule has 2 nitrogen and oxygen atoms in total. The van der Waals surface area contributed by atoms with Gasteiger partial charge in [-0.3, -0.25) is 4.98 Å². The summed E-state index contributed by atoms with van der Waals surface area (Å²) in [5.41, 5.74) is 1.52. The number of hydrogen-bond acceptors (Lipinski definition) is 2. The lowest BCUT2D eigenvalue weighted by Crippen LogP contribution is -1.89. The Kier molecular flexibility index (Phi) is 2.72. The standard InChI is InChI=1S/C11H9Cl2NO/c1-6-10(12)11(13)8-4-3-7(15-2)5-9(8)14-6/h3-5H,1-2H3. The lowest BCUT2D eigenvalue weighted by molar-refractivity contribution is 0.415. The first-order chi connectivity index (χ1) is 7.13. The van der Waals surface area contributed by atoms with Gasteiger partial charge >= 0.3 is 0 Å². The summed E-state index contributed by atoms with van der Waals surface area (Å²) >= 11 is 12.1. The normalized spacial score (nSPS) is 10.7. The number of nitrogens with zero attached hydrogens (tertiary/aromatic N) is 1. The summed E-state index contributed by atoms with van der Waals surface area (Å²) in [5.74, 6) is 0.757. The fraction of sp³-hybridized carbons (Fsp3) is 0.182. The topological polar surface area (TPSA) is 22.1 Å². The van der Waals surface area contributed by atoms with Gasteiger partial charge in [0.05, 0.1) is 28.4 Å². The highest BCUT2D eigenvalue weighted by atomic mass is 35.5. The molecule has 78 valence electrons. The molecular formula is C11H9Cl2NO. The molecule has 0 aliphatic rings. The highest BCUT2D eigenvalue weighted by Crippen LogP contribution is 2.33. The number of aromatic nitrogens is 1. The zero-order valence-corrected chi connectivity index (χ0v) is 9.86. The first kappa shape index (κ1) is 10.5. The third kappa shape index (κ3) is 1.75. The van der Waals surface area contributed by atoms with Crippen LogP contribution in [0.25, 0.3) is 10.9 Å². The van der Waals surface area contributed by atoms with Crippen LogP contribution in [0.15, 0.2) is 18.2 Å². The van der Waals surface area contributed by atoms with Gasteiger partial charge in [0, 0.05) is 11.5 Å². The first-order valence-electron chi connectivity index (χ1n) is 4.43. The van der Waals surface area contributed by atoms with E-state index in [0.717, 1.165) is 22.3 Å². The number of pyridine rings is 1. The Labute approximate surface area is 97.8 Å². The maximum atomic E-state index is 6.11. The van der Waals surface area contributed by atoms with Gasteiger partial charge in [-0.2, -0.15) is 0 Å². The smallest absolute Gasteiger partial charge is 0.121 e. The van der Waals surface area contributed by atoms with Gasteiger partial charge < -0.3 is 4.74 Å². The van der Waals surface area contributed by atoms with Crippen molar-refractivity contribution in [1.29, 1.82) is 0 Å². The molecule has 1 aromatic heterocycles. The minimum atomic E-state index is 0.509. The predicted octanol–water partition coefficient (Wildman–Crippen LogP) is 3.86. The van der Waals surface area contributed by atoms with Crippen LogP contribution in [-0.2, 0) is 0 Å². The van der Waals surface area contributed by atoms with Gasteiger partial charge in [-0.1, -0.05) is 23.2 Å². The highest BCUT2D eigenvalue weighted by molar-refractivity contribution is 6.45. The van der Waals surface area contributed by atoms with Crippen molar-refractivity contribution in [1.82, 2.24) is 4.98 Å². The van der Waals surface area contributed by atoms with Gasteiger partial charge in [-0.15, -0.1) is 0 Å². The fourth-order valence-electron chi connectivity index (χ4n) is 1.42. The molecule has 0 radical (unpaired) electrons. The Balaban J connectivity index is 2.80. The zero-order chi connectivity index (χ0) is 11.0. The minimum Gasteiger partial charge on any atom is -0.497 e. The molecular weight excluding hydrogens is 233 g/mol. The van der Waals surface area contributed by atoms with Gasteiger partial charge in [-0.05, 0) is 19.1 Å². The SMILES string of the molecule is COc1ccc2c(Cl)c(Cl)c(C)nc2c1. The molecule has 0 aliphatic carbocycles. The van der Waals surface area contributed by atoms with Crippen molar-refractivity contribution < 1.29 is 4.74 Å². The number of fused-ring (bicyclic) bond motifs is 1. The van der Waals surface area contributed by atoms with Gasteiger partial charge in [-0.25, -0.2) is 0 Å². The molecule has 0 fully saturated rings. The highest BCUT2D eigenvalue weighted by Gasteiger charge is 2.09. The number of aryl methyl sites for hydroxylation is 1. The molecule has 2 rings (SSSR count). The molecule has 0 N–H and O–H groups in total. The number of halogens is 2. The zero-order valence-electron chi connectivity index (χ0n) is 8.34. The van der Waals surface area contributed by atoms with Crippen LogP contribution in [0.3, 0.4) is 0 Å². The molecule has 15 heavy (non-hydrogen) atoms. The predicted molar refractivity (Wildman–Crippen MR) is 63.1 cm³/mol. The van der Waals surface area contributed by atoms with E-state index in [9.17, 15) is 0 Å². The molecule has 0 aliphatic heterocycles. The molecule has 0 unspecified atom stereocenters. The van der Waals surface area contributed by atoms with Crippen molar-refractivity contribution in [3.8, 4) is 5.75 Å². The first-order valence-corrected chi connectivity index (χ1v) is 5.18. The van der Waals surface area contributed by atoms with Crippen molar-refractivity contribution in [2.75, 3.05) is 7.11 Å². The molecule has 0 spiro atoms. The second-order valence-electron chi connectivity index (χ2n) is 3.21. The van der Waals surface area contributed by atoms with Gasteiger partial charge in [0.15, 0.2) is 0 Å². The van der Waals surface area contributed by atoms with Crippen molar-refractivity contribution in [3.05, 3.63) is 33.9 Å². The Morgan fingerprint density at radius 3 is 2.60 bits per heavy atom. The lowest BCUT2D eigenvalue weighted by Gasteiger charge is -2.06. The van der Waals surface area contributed by atoms with Crippen molar-refractivity contribution in [2.24, 2.45) is 0 Å². The molecule has 0 atom stereocenters. The Bertz CT molecular complexity index is 525. The molecule has 0 saturated carbocycles. The van der Waals surface area contributed by atoms with Crippen LogP contribution >= 0.6 is 23.2 Å². The number of rotatable bonds is 1. The largest absolute Gasteiger partial charge is 0.497 e. The van der Waals surface area contributed by atoms with Gasteiger partial charge in [0.1, 0.15) is 5.75 Å². The summed E-state index contributed by atoms with van der Waals surface area (Å²) in [6, 6.07) is 5.53. The summed E-state index contributed by atoms with van der Waals surface area (Å²) in [5, 5.41) is 1.89. The molecule has 0 saturated heterocycles. The molecule has 1 heterocycles. The summed E-state index contributed by atoms with van der Waals surface area (Å²) in [6.07, 6.45) is 0. The van der Waals surface area contributed by atoms with E-state index in [1.54, 1.807) is 7.11 Å². The lowest BCUT2D eigenvalue weighted by atomic mass is 10.2. The maximum Gasteiger partial charge on any atom is 0.121 e. The van der Waals surface area contributed by atoms with Crippen LogP contribution in [0.4, 0.5) is 0 Å². The van der Waals surface area contributed by atoms with E-state index in [2.05, 4.69) is 4.98 Å². The summed E-state index contributed by atoms with van der Waals surface area (Å²) in [6.45, 7) is 1.83. The van der Waals surface area contributed by atoms with E-state index in [1.165, 1.54) is 0 Å². The third-order valence-electron chi connectivity index (χ3n) is 2.24. The third-order valence-corrected chi connectivity index (χ3v) is 3.19. The second kappa shape index (κ2) is 3.87. The van der Waals surface area contributed by atoms with Crippen LogP contribution in [0.1, 0.15) is 5.69 Å². The summed E-state index contributed by atoms with van der Waals surface area (Å²) in [4.78, 5) is 4.35. The van der Waals surface area contributed by atoms with E-state index >= 15 is 0 Å². The van der Waals surface area contributed by atoms with E-state index in [4.69, 9.17) is 27.9 Å². The van der Waals surface area contributed by atoms with E-state index in [0.29, 0.717) is 10.0 Å². The maximum absolute atomic E-state index is 6.11. The van der Waals surface area contributed by atoms with E-state index in [1.807, 2.05) is 25.1 Å². The van der Waals surface area contributed by atoms with Crippen LogP contribution < -0.4 is 4.74 Å². The molecule has 0 bridgehead atoms. The summed E-state index contributed by atoms with van der Waals surface area (Å²) in [7, 11) is 1.62. The average Bonchev–Trinajstić information content (AvgIpc) is 2.25. The molecule has 1 aromatic carbocycles. The summed E-state index contributed by atoms with van der Waals surface area (Å²) < 4.78 is 5.12. The number of hydrogen-bond donors (Lipinski definition) is 0. The number of methoxy groups -OCH3 is 1.